The van der Waals surface area contributed by atoms with Gasteiger partial charge in [0.2, 0.25) is 0 Å². The molecule has 1 saturated carbocycles. The predicted octanol–water partition coefficient (Wildman–Crippen LogP) is 2.56. The average Bonchev–Trinajstić information content (AvgIpc) is 2.94. The third kappa shape index (κ3) is 2.98. The number of hydrogen-bond donors (Lipinski definition) is 1. The van der Waals surface area contributed by atoms with Crippen molar-refractivity contribution < 1.29 is 14.6 Å². The van der Waals surface area contributed by atoms with Crippen molar-refractivity contribution >= 4 is 11.6 Å². The Morgan fingerprint density at radius 1 is 1.19 bits per heavy atom. The van der Waals surface area contributed by atoms with Gasteiger partial charge in [-0.05, 0) is 30.7 Å². The lowest BCUT2D eigenvalue weighted by atomic mass is 10.0. The first-order chi connectivity index (χ1) is 10.1. The van der Waals surface area contributed by atoms with Crippen LogP contribution < -0.4 is 9.47 Å². The molecule has 1 unspecified atom stereocenters. The lowest BCUT2D eigenvalue weighted by Crippen LogP contribution is -2.23. The van der Waals surface area contributed by atoms with Crippen molar-refractivity contribution in [1.29, 1.82) is 0 Å². The Morgan fingerprint density at radius 2 is 1.86 bits per heavy atom. The van der Waals surface area contributed by atoms with Crippen molar-refractivity contribution in [3.63, 3.8) is 0 Å². The van der Waals surface area contributed by atoms with E-state index in [2.05, 4.69) is 4.90 Å². The van der Waals surface area contributed by atoms with Crippen molar-refractivity contribution in [3.05, 3.63) is 22.7 Å². The summed E-state index contributed by atoms with van der Waals surface area (Å²) in [7, 11) is 3.28. The van der Waals surface area contributed by atoms with Crippen LogP contribution in [0.3, 0.4) is 0 Å². The molecule has 21 heavy (non-hydrogen) atoms. The van der Waals surface area contributed by atoms with Gasteiger partial charge in [-0.15, -0.1) is 0 Å². The highest BCUT2D eigenvalue weighted by atomic mass is 35.5. The van der Waals surface area contributed by atoms with E-state index in [0.29, 0.717) is 22.6 Å². The molecule has 1 aliphatic carbocycles. The summed E-state index contributed by atoms with van der Waals surface area (Å²) in [4.78, 5) is 2.43. The number of benzene rings is 1. The molecule has 116 valence electrons. The summed E-state index contributed by atoms with van der Waals surface area (Å²) in [6.45, 7) is 2.89. The maximum atomic E-state index is 9.73. The molecule has 0 bridgehead atoms. The second kappa shape index (κ2) is 6.03. The van der Waals surface area contributed by atoms with E-state index < -0.39 is 0 Å². The van der Waals surface area contributed by atoms with E-state index in [4.69, 9.17) is 21.1 Å². The van der Waals surface area contributed by atoms with Gasteiger partial charge in [0.1, 0.15) is 0 Å². The molecule has 1 saturated heterocycles. The normalized spacial score (nSPS) is 28.7. The molecule has 1 heterocycles. The zero-order chi connectivity index (χ0) is 15.0. The van der Waals surface area contributed by atoms with E-state index in [-0.39, 0.29) is 6.10 Å². The van der Waals surface area contributed by atoms with Crippen LogP contribution in [0.5, 0.6) is 11.5 Å². The molecule has 2 aliphatic rings. The second-order valence-electron chi connectivity index (χ2n) is 6.14. The van der Waals surface area contributed by atoms with Crippen LogP contribution >= 0.6 is 11.6 Å². The topological polar surface area (TPSA) is 41.9 Å². The largest absolute Gasteiger partial charge is 0.493 e. The van der Waals surface area contributed by atoms with Crippen LogP contribution in [0.15, 0.2) is 12.1 Å². The minimum Gasteiger partial charge on any atom is -0.493 e. The van der Waals surface area contributed by atoms with Crippen molar-refractivity contribution in [2.24, 2.45) is 11.8 Å². The Balaban J connectivity index is 1.75. The molecule has 1 aromatic carbocycles. The molecule has 0 spiro atoms. The minimum absolute atomic E-state index is 0.0945. The SMILES string of the molecule is COc1cc(Cl)cc(CN2C[C@H]3CC(O)C[C@H]3C2)c1OC. The molecule has 0 radical (unpaired) electrons. The summed E-state index contributed by atoms with van der Waals surface area (Å²) in [6, 6.07) is 3.73. The number of aliphatic hydroxyl groups is 1. The van der Waals surface area contributed by atoms with E-state index in [1.165, 1.54) is 0 Å². The van der Waals surface area contributed by atoms with Gasteiger partial charge in [0.15, 0.2) is 11.5 Å². The number of fused-ring (bicyclic) bond motifs is 1. The molecule has 1 N–H and O–H groups in total. The zero-order valence-electron chi connectivity index (χ0n) is 12.5. The fourth-order valence-electron chi connectivity index (χ4n) is 3.86. The molecule has 3 atom stereocenters. The van der Waals surface area contributed by atoms with Crippen LogP contribution in [0.4, 0.5) is 0 Å². The molecule has 1 aromatic rings. The molecule has 4 nitrogen and oxygen atoms in total. The van der Waals surface area contributed by atoms with Gasteiger partial charge >= 0.3 is 0 Å². The molecular weight excluding hydrogens is 290 g/mol. The van der Waals surface area contributed by atoms with E-state index in [9.17, 15) is 5.11 Å². The number of aliphatic hydroxyl groups excluding tert-OH is 1. The van der Waals surface area contributed by atoms with Crippen molar-refractivity contribution in [3.8, 4) is 11.5 Å². The van der Waals surface area contributed by atoms with Crippen LogP contribution in [0.2, 0.25) is 5.02 Å². The molecule has 0 aromatic heterocycles. The standard InChI is InChI=1S/C16H22ClNO3/c1-20-15-6-13(17)3-12(16(15)21-2)9-18-7-10-4-14(19)5-11(10)8-18/h3,6,10-11,14,19H,4-5,7-9H2,1-2H3/t10-,11+,14?. The Morgan fingerprint density at radius 3 is 2.43 bits per heavy atom. The fraction of sp³-hybridized carbons (Fsp3) is 0.625. The second-order valence-corrected chi connectivity index (χ2v) is 6.58. The van der Waals surface area contributed by atoms with Gasteiger partial charge in [-0.25, -0.2) is 0 Å². The summed E-state index contributed by atoms with van der Waals surface area (Å²) in [5.74, 6) is 2.70. The highest BCUT2D eigenvalue weighted by Gasteiger charge is 2.40. The average molecular weight is 312 g/mol. The van der Waals surface area contributed by atoms with E-state index >= 15 is 0 Å². The number of methoxy groups -OCH3 is 2. The number of rotatable bonds is 4. The maximum absolute atomic E-state index is 9.73. The monoisotopic (exact) mass is 311 g/mol. The van der Waals surface area contributed by atoms with Gasteiger partial charge in [-0.2, -0.15) is 0 Å². The quantitative estimate of drug-likeness (QED) is 0.928. The Labute approximate surface area is 130 Å². The van der Waals surface area contributed by atoms with Gasteiger partial charge in [0, 0.05) is 36.3 Å². The minimum atomic E-state index is -0.0945. The molecule has 0 amide bonds. The Hall–Kier alpha value is -0.970. The van der Waals surface area contributed by atoms with E-state index in [1.807, 2.05) is 6.07 Å². The summed E-state index contributed by atoms with van der Waals surface area (Å²) in [5, 5.41) is 10.4. The van der Waals surface area contributed by atoms with Gasteiger partial charge in [-0.1, -0.05) is 11.6 Å². The van der Waals surface area contributed by atoms with Crippen molar-refractivity contribution in [1.82, 2.24) is 4.90 Å². The van der Waals surface area contributed by atoms with Crippen LogP contribution in [-0.2, 0) is 6.54 Å². The van der Waals surface area contributed by atoms with Crippen molar-refractivity contribution in [2.75, 3.05) is 27.3 Å². The Bertz CT molecular complexity index is 508. The van der Waals surface area contributed by atoms with Gasteiger partial charge in [0.05, 0.1) is 20.3 Å². The summed E-state index contributed by atoms with van der Waals surface area (Å²) in [6.07, 6.45) is 1.79. The number of hydrogen-bond acceptors (Lipinski definition) is 4. The maximum Gasteiger partial charge on any atom is 0.165 e. The molecule has 2 fully saturated rings. The molecular formula is C16H22ClNO3. The summed E-state index contributed by atoms with van der Waals surface area (Å²) >= 11 is 6.17. The number of likely N-dealkylation sites (tertiary alicyclic amines) is 1. The first kappa shape index (κ1) is 14.9. The predicted molar refractivity (Wildman–Crippen MR) is 82.1 cm³/mol. The number of ether oxygens (including phenoxy) is 2. The first-order valence-corrected chi connectivity index (χ1v) is 7.79. The Kier molecular flexibility index (Phi) is 4.29. The van der Waals surface area contributed by atoms with Crippen molar-refractivity contribution in [2.45, 2.75) is 25.5 Å². The number of halogens is 1. The lowest BCUT2D eigenvalue weighted by molar-refractivity contribution is 0.161. The lowest BCUT2D eigenvalue weighted by Gasteiger charge is -2.20. The molecule has 3 rings (SSSR count). The molecule has 5 heteroatoms. The third-order valence-corrected chi connectivity index (χ3v) is 4.93. The van der Waals surface area contributed by atoms with Crippen LogP contribution in [0.25, 0.3) is 0 Å². The fourth-order valence-corrected chi connectivity index (χ4v) is 4.09. The smallest absolute Gasteiger partial charge is 0.165 e. The zero-order valence-corrected chi connectivity index (χ0v) is 13.3. The van der Waals surface area contributed by atoms with Gasteiger partial charge < -0.3 is 14.6 Å². The van der Waals surface area contributed by atoms with E-state index in [0.717, 1.165) is 43.8 Å². The van der Waals surface area contributed by atoms with Gasteiger partial charge in [0.25, 0.3) is 0 Å². The van der Waals surface area contributed by atoms with E-state index in [1.54, 1.807) is 20.3 Å². The third-order valence-electron chi connectivity index (χ3n) is 4.72. The van der Waals surface area contributed by atoms with Crippen LogP contribution in [0, 0.1) is 11.8 Å². The van der Waals surface area contributed by atoms with Gasteiger partial charge in [-0.3, -0.25) is 4.90 Å². The van der Waals surface area contributed by atoms with Crippen LogP contribution in [0.1, 0.15) is 18.4 Å². The van der Waals surface area contributed by atoms with Crippen LogP contribution in [-0.4, -0.2) is 43.4 Å². The summed E-state index contributed by atoms with van der Waals surface area (Å²) in [5.41, 5.74) is 1.06. The highest BCUT2D eigenvalue weighted by Crippen LogP contribution is 2.40. The number of nitrogens with zero attached hydrogens (tertiary/aromatic N) is 1. The molecule has 1 aliphatic heterocycles. The highest BCUT2D eigenvalue weighted by molar-refractivity contribution is 6.30. The first-order valence-electron chi connectivity index (χ1n) is 7.41. The summed E-state index contributed by atoms with van der Waals surface area (Å²) < 4.78 is 10.8.